The van der Waals surface area contributed by atoms with Crippen LogP contribution in [0.3, 0.4) is 0 Å². The van der Waals surface area contributed by atoms with E-state index in [2.05, 4.69) is 21.0 Å². The van der Waals surface area contributed by atoms with Gasteiger partial charge in [0.25, 0.3) is 0 Å². The molecule has 0 saturated heterocycles. The Bertz CT molecular complexity index is 590. The minimum Gasteiger partial charge on any atom is -0.476 e. The van der Waals surface area contributed by atoms with Crippen LogP contribution >= 0.6 is 15.9 Å². The highest BCUT2D eigenvalue weighted by molar-refractivity contribution is 9.10. The van der Waals surface area contributed by atoms with Crippen LogP contribution in [0.25, 0.3) is 5.69 Å². The molecule has 1 aromatic carbocycles. The van der Waals surface area contributed by atoms with Crippen LogP contribution in [-0.2, 0) is 0 Å². The highest BCUT2D eigenvalue weighted by atomic mass is 79.9. The number of nitrogens with zero attached hydrogens (tertiary/aromatic N) is 2. The third-order valence-corrected chi connectivity index (χ3v) is 2.99. The zero-order chi connectivity index (χ0) is 12.6. The lowest BCUT2D eigenvalue weighted by Gasteiger charge is -2.08. The van der Waals surface area contributed by atoms with Crippen LogP contribution in [0.1, 0.15) is 21.7 Å². The first-order chi connectivity index (χ1) is 7.99. The molecule has 1 aromatic heterocycles. The minimum absolute atomic E-state index is 0.0600. The van der Waals surface area contributed by atoms with Crippen molar-refractivity contribution in [3.8, 4) is 5.69 Å². The maximum Gasteiger partial charge on any atom is 0.356 e. The van der Waals surface area contributed by atoms with Gasteiger partial charge in [0.15, 0.2) is 5.69 Å². The molecule has 0 bridgehead atoms. The van der Waals surface area contributed by atoms with Gasteiger partial charge in [-0.3, -0.25) is 0 Å². The quantitative estimate of drug-likeness (QED) is 0.926. The maximum atomic E-state index is 10.9. The summed E-state index contributed by atoms with van der Waals surface area (Å²) in [6.45, 7) is 3.79. The molecule has 5 heteroatoms. The monoisotopic (exact) mass is 294 g/mol. The topological polar surface area (TPSA) is 55.1 Å². The first-order valence-electron chi connectivity index (χ1n) is 5.05. The Kier molecular flexibility index (Phi) is 3.02. The van der Waals surface area contributed by atoms with Gasteiger partial charge < -0.3 is 5.11 Å². The molecule has 17 heavy (non-hydrogen) atoms. The normalized spacial score (nSPS) is 10.5. The molecule has 0 aliphatic heterocycles. The number of carboxylic acid groups (broad SMARTS) is 1. The van der Waals surface area contributed by atoms with Crippen molar-refractivity contribution < 1.29 is 9.90 Å². The zero-order valence-electron chi connectivity index (χ0n) is 9.44. The van der Waals surface area contributed by atoms with Gasteiger partial charge in [-0.1, -0.05) is 15.9 Å². The van der Waals surface area contributed by atoms with E-state index in [0.29, 0.717) is 0 Å². The van der Waals surface area contributed by atoms with E-state index >= 15 is 0 Å². The van der Waals surface area contributed by atoms with Crippen molar-refractivity contribution in [1.82, 2.24) is 9.78 Å². The van der Waals surface area contributed by atoms with Crippen LogP contribution < -0.4 is 0 Å². The highest BCUT2D eigenvalue weighted by Crippen LogP contribution is 2.20. The van der Waals surface area contributed by atoms with Gasteiger partial charge in [0, 0.05) is 10.2 Å². The number of rotatable bonds is 2. The molecule has 0 fully saturated rings. The molecule has 0 spiro atoms. The van der Waals surface area contributed by atoms with Crippen molar-refractivity contribution in [1.29, 1.82) is 0 Å². The van der Waals surface area contributed by atoms with E-state index in [9.17, 15) is 4.79 Å². The van der Waals surface area contributed by atoms with E-state index in [4.69, 9.17) is 5.11 Å². The van der Waals surface area contributed by atoms with E-state index < -0.39 is 5.97 Å². The first kappa shape index (κ1) is 11.9. The number of carboxylic acids is 1. The molecule has 0 unspecified atom stereocenters. The lowest BCUT2D eigenvalue weighted by atomic mass is 10.2. The molecule has 0 amide bonds. The number of carbonyl (C=O) groups is 1. The van der Waals surface area contributed by atoms with Gasteiger partial charge >= 0.3 is 5.97 Å². The summed E-state index contributed by atoms with van der Waals surface area (Å²) in [6.07, 6.45) is 0. The summed E-state index contributed by atoms with van der Waals surface area (Å²) in [6, 6.07) is 7.34. The summed E-state index contributed by atoms with van der Waals surface area (Å²) in [5, 5.41) is 13.0. The highest BCUT2D eigenvalue weighted by Gasteiger charge is 2.12. The van der Waals surface area contributed by atoms with Gasteiger partial charge in [-0.05, 0) is 43.7 Å². The predicted molar refractivity (Wildman–Crippen MR) is 67.7 cm³/mol. The standard InChI is InChI=1S/C12H11BrN2O2/c1-7-5-9(13)3-4-11(7)15-8(2)6-10(14-15)12(16)17/h3-6H,1-2H3,(H,16,17). The number of benzene rings is 1. The lowest BCUT2D eigenvalue weighted by molar-refractivity contribution is 0.0690. The van der Waals surface area contributed by atoms with Gasteiger partial charge in [-0.15, -0.1) is 0 Å². The fourth-order valence-electron chi connectivity index (χ4n) is 1.68. The second-order valence-electron chi connectivity index (χ2n) is 3.82. The van der Waals surface area contributed by atoms with Crippen molar-refractivity contribution in [2.24, 2.45) is 0 Å². The average Bonchev–Trinajstić information content (AvgIpc) is 2.61. The zero-order valence-corrected chi connectivity index (χ0v) is 11.0. The predicted octanol–water partition coefficient (Wildman–Crippen LogP) is 2.95. The van der Waals surface area contributed by atoms with Gasteiger partial charge in [-0.25, -0.2) is 9.48 Å². The molecule has 88 valence electrons. The molecule has 0 atom stereocenters. The van der Waals surface area contributed by atoms with Crippen molar-refractivity contribution in [3.63, 3.8) is 0 Å². The van der Waals surface area contributed by atoms with Crippen molar-refractivity contribution in [2.45, 2.75) is 13.8 Å². The number of aryl methyl sites for hydroxylation is 2. The lowest BCUT2D eigenvalue weighted by Crippen LogP contribution is -2.03. The first-order valence-corrected chi connectivity index (χ1v) is 5.85. The molecule has 0 aliphatic carbocycles. The van der Waals surface area contributed by atoms with Crippen molar-refractivity contribution in [2.75, 3.05) is 0 Å². The second kappa shape index (κ2) is 4.33. The Hall–Kier alpha value is -1.62. The van der Waals surface area contributed by atoms with Crippen molar-refractivity contribution in [3.05, 3.63) is 45.7 Å². The number of aromatic carboxylic acids is 1. The Balaban J connectivity index is 2.56. The minimum atomic E-state index is -1.01. The maximum absolute atomic E-state index is 10.9. The summed E-state index contributed by atoms with van der Waals surface area (Å²) < 4.78 is 2.63. The molecular weight excluding hydrogens is 284 g/mol. The Morgan fingerprint density at radius 2 is 2.06 bits per heavy atom. The average molecular weight is 295 g/mol. The van der Waals surface area contributed by atoms with E-state index in [-0.39, 0.29) is 5.69 Å². The molecule has 2 aromatic rings. The van der Waals surface area contributed by atoms with E-state index in [1.54, 1.807) is 10.7 Å². The molecule has 1 heterocycles. The third-order valence-electron chi connectivity index (χ3n) is 2.49. The van der Waals surface area contributed by atoms with Gasteiger partial charge in [0.2, 0.25) is 0 Å². The Labute approximate surface area is 107 Å². The molecule has 4 nitrogen and oxygen atoms in total. The molecule has 0 saturated carbocycles. The Morgan fingerprint density at radius 1 is 1.35 bits per heavy atom. The van der Waals surface area contributed by atoms with E-state index in [0.717, 1.165) is 21.4 Å². The van der Waals surface area contributed by atoms with E-state index in [1.807, 2.05) is 32.0 Å². The molecule has 1 N–H and O–H groups in total. The van der Waals surface area contributed by atoms with Crippen LogP contribution in [0.15, 0.2) is 28.7 Å². The summed E-state index contributed by atoms with van der Waals surface area (Å²) in [5.41, 5.74) is 2.78. The molecule has 0 radical (unpaired) electrons. The third kappa shape index (κ3) is 2.24. The SMILES string of the molecule is Cc1cc(Br)ccc1-n1nc(C(=O)O)cc1C. The van der Waals surface area contributed by atoms with Gasteiger partial charge in [0.1, 0.15) is 0 Å². The summed E-state index contributed by atoms with van der Waals surface area (Å²) in [7, 11) is 0. The van der Waals surface area contributed by atoms with Gasteiger partial charge in [0.05, 0.1) is 5.69 Å². The second-order valence-corrected chi connectivity index (χ2v) is 4.73. The van der Waals surface area contributed by atoms with Crippen LogP contribution in [0.2, 0.25) is 0 Å². The van der Waals surface area contributed by atoms with Crippen LogP contribution in [0.4, 0.5) is 0 Å². The fourth-order valence-corrected chi connectivity index (χ4v) is 2.15. The van der Waals surface area contributed by atoms with Crippen LogP contribution in [0.5, 0.6) is 0 Å². The Morgan fingerprint density at radius 3 is 2.59 bits per heavy atom. The molecular formula is C12H11BrN2O2. The fraction of sp³-hybridized carbons (Fsp3) is 0.167. The van der Waals surface area contributed by atoms with Crippen molar-refractivity contribution >= 4 is 21.9 Å². The number of hydrogen-bond donors (Lipinski definition) is 1. The number of hydrogen-bond acceptors (Lipinski definition) is 2. The molecule has 2 rings (SSSR count). The summed E-state index contributed by atoms with van der Waals surface area (Å²) in [5.74, 6) is -1.01. The summed E-state index contributed by atoms with van der Waals surface area (Å²) >= 11 is 3.39. The largest absolute Gasteiger partial charge is 0.476 e. The number of aromatic nitrogens is 2. The van der Waals surface area contributed by atoms with Gasteiger partial charge in [-0.2, -0.15) is 5.10 Å². The molecule has 0 aliphatic rings. The summed E-state index contributed by atoms with van der Waals surface area (Å²) in [4.78, 5) is 10.9. The number of halogens is 1. The van der Waals surface area contributed by atoms with Crippen LogP contribution in [-0.4, -0.2) is 20.9 Å². The van der Waals surface area contributed by atoms with E-state index in [1.165, 1.54) is 0 Å². The smallest absolute Gasteiger partial charge is 0.356 e. The van der Waals surface area contributed by atoms with Crippen LogP contribution in [0, 0.1) is 13.8 Å².